The normalized spacial score (nSPS) is 19.2. The van der Waals surface area contributed by atoms with Crippen molar-refractivity contribution >= 4 is 5.91 Å². The highest BCUT2D eigenvalue weighted by Crippen LogP contribution is 2.29. The first-order valence-corrected chi connectivity index (χ1v) is 4.28. The van der Waals surface area contributed by atoms with Crippen molar-refractivity contribution in [3.05, 3.63) is 29.8 Å². The van der Waals surface area contributed by atoms with Crippen molar-refractivity contribution in [1.29, 1.82) is 0 Å². The summed E-state index contributed by atoms with van der Waals surface area (Å²) < 4.78 is 5.52. The molecule has 1 unspecified atom stereocenters. The molecule has 3 heteroatoms. The number of primary amides is 1. The number of ether oxygens (including phenoxy) is 1. The van der Waals surface area contributed by atoms with Crippen molar-refractivity contribution in [3.63, 3.8) is 0 Å². The van der Waals surface area contributed by atoms with Gasteiger partial charge in [0.05, 0.1) is 6.42 Å². The smallest absolute Gasteiger partial charge is 0.221 e. The molecule has 1 amide bonds. The van der Waals surface area contributed by atoms with Crippen molar-refractivity contribution in [1.82, 2.24) is 0 Å². The van der Waals surface area contributed by atoms with Gasteiger partial charge in [-0.2, -0.15) is 0 Å². The molecule has 1 aliphatic heterocycles. The third kappa shape index (κ3) is 1.64. The number of nitrogens with two attached hydrogens (primary N) is 1. The molecule has 1 atom stereocenters. The van der Waals surface area contributed by atoms with Gasteiger partial charge in [0.1, 0.15) is 11.9 Å². The Labute approximate surface area is 76.5 Å². The summed E-state index contributed by atoms with van der Waals surface area (Å²) in [5.74, 6) is 0.576. The lowest BCUT2D eigenvalue weighted by Gasteiger charge is -2.06. The van der Waals surface area contributed by atoms with Crippen LogP contribution in [0.15, 0.2) is 24.3 Å². The fraction of sp³-hybridized carbons (Fsp3) is 0.300. The second kappa shape index (κ2) is 3.09. The van der Waals surface area contributed by atoms with Crippen LogP contribution in [0, 0.1) is 0 Å². The van der Waals surface area contributed by atoms with Crippen molar-refractivity contribution < 1.29 is 9.53 Å². The van der Waals surface area contributed by atoms with Gasteiger partial charge < -0.3 is 10.5 Å². The molecule has 2 rings (SSSR count). The van der Waals surface area contributed by atoms with Crippen LogP contribution in [-0.4, -0.2) is 12.0 Å². The Morgan fingerprint density at radius 2 is 2.31 bits per heavy atom. The maximum absolute atomic E-state index is 10.6. The second-order valence-corrected chi connectivity index (χ2v) is 3.22. The minimum atomic E-state index is -0.308. The molecule has 2 N–H and O–H groups in total. The number of hydrogen-bond acceptors (Lipinski definition) is 2. The zero-order valence-electron chi connectivity index (χ0n) is 7.19. The van der Waals surface area contributed by atoms with Gasteiger partial charge in [-0.05, 0) is 11.6 Å². The van der Waals surface area contributed by atoms with Gasteiger partial charge in [0.15, 0.2) is 0 Å². The summed E-state index contributed by atoms with van der Waals surface area (Å²) in [5.41, 5.74) is 6.25. The quantitative estimate of drug-likeness (QED) is 0.728. The van der Waals surface area contributed by atoms with Crippen LogP contribution >= 0.6 is 0 Å². The Bertz CT molecular complexity index is 310. The molecule has 1 heterocycles. The summed E-state index contributed by atoms with van der Waals surface area (Å²) in [6.45, 7) is 0. The number of para-hydroxylation sites is 1. The lowest BCUT2D eigenvalue weighted by atomic mass is 10.1. The van der Waals surface area contributed by atoms with Crippen molar-refractivity contribution in [2.24, 2.45) is 5.73 Å². The number of benzene rings is 1. The van der Waals surface area contributed by atoms with Gasteiger partial charge in [0.25, 0.3) is 0 Å². The maximum Gasteiger partial charge on any atom is 0.221 e. The summed E-state index contributed by atoms with van der Waals surface area (Å²) in [6, 6.07) is 7.81. The first-order valence-electron chi connectivity index (χ1n) is 4.28. The largest absolute Gasteiger partial charge is 0.489 e. The molecule has 68 valence electrons. The average molecular weight is 177 g/mol. The highest BCUT2D eigenvalue weighted by molar-refractivity contribution is 5.74. The molecule has 0 radical (unpaired) electrons. The van der Waals surface area contributed by atoms with Crippen LogP contribution in [0.25, 0.3) is 0 Å². The lowest BCUT2D eigenvalue weighted by Crippen LogP contribution is -2.23. The van der Waals surface area contributed by atoms with E-state index in [1.165, 1.54) is 0 Å². The lowest BCUT2D eigenvalue weighted by molar-refractivity contribution is -0.119. The van der Waals surface area contributed by atoms with E-state index in [2.05, 4.69) is 0 Å². The summed E-state index contributed by atoms with van der Waals surface area (Å²) >= 11 is 0. The van der Waals surface area contributed by atoms with Crippen molar-refractivity contribution in [2.45, 2.75) is 18.9 Å². The SMILES string of the molecule is NC(=O)CC1Cc2ccccc2O1. The monoisotopic (exact) mass is 177 g/mol. The predicted molar refractivity (Wildman–Crippen MR) is 48.4 cm³/mol. The van der Waals surface area contributed by atoms with Gasteiger partial charge in [0, 0.05) is 6.42 Å². The molecule has 0 bridgehead atoms. The van der Waals surface area contributed by atoms with E-state index in [9.17, 15) is 4.79 Å². The number of fused-ring (bicyclic) bond motifs is 1. The van der Waals surface area contributed by atoms with E-state index >= 15 is 0 Å². The van der Waals surface area contributed by atoms with Crippen LogP contribution in [0.3, 0.4) is 0 Å². The van der Waals surface area contributed by atoms with E-state index in [0.29, 0.717) is 6.42 Å². The molecule has 0 saturated carbocycles. The Morgan fingerprint density at radius 3 is 3.00 bits per heavy atom. The van der Waals surface area contributed by atoms with Gasteiger partial charge in [-0.15, -0.1) is 0 Å². The number of amides is 1. The summed E-state index contributed by atoms with van der Waals surface area (Å²) in [7, 11) is 0. The van der Waals surface area contributed by atoms with E-state index in [4.69, 9.17) is 10.5 Å². The van der Waals surface area contributed by atoms with Gasteiger partial charge in [-0.3, -0.25) is 4.79 Å². The molecule has 1 aromatic rings. The molecule has 13 heavy (non-hydrogen) atoms. The topological polar surface area (TPSA) is 52.3 Å². The van der Waals surface area contributed by atoms with E-state index in [-0.39, 0.29) is 12.0 Å². The van der Waals surface area contributed by atoms with E-state index in [0.717, 1.165) is 17.7 Å². The van der Waals surface area contributed by atoms with Crippen LogP contribution in [0.5, 0.6) is 5.75 Å². The van der Waals surface area contributed by atoms with Gasteiger partial charge >= 0.3 is 0 Å². The first-order chi connectivity index (χ1) is 6.25. The van der Waals surface area contributed by atoms with Gasteiger partial charge in [0.2, 0.25) is 5.91 Å². The van der Waals surface area contributed by atoms with Crippen LogP contribution in [0.2, 0.25) is 0 Å². The Hall–Kier alpha value is -1.51. The van der Waals surface area contributed by atoms with Gasteiger partial charge in [-0.1, -0.05) is 18.2 Å². The molecule has 0 aromatic heterocycles. The molecule has 0 saturated heterocycles. The first kappa shape index (κ1) is 8.10. The molecular formula is C10H11NO2. The Kier molecular flexibility index (Phi) is 1.93. The summed E-state index contributed by atoms with van der Waals surface area (Å²) in [4.78, 5) is 10.6. The number of rotatable bonds is 2. The van der Waals surface area contributed by atoms with E-state index in [1.807, 2.05) is 24.3 Å². The predicted octanol–water partition coefficient (Wildman–Crippen LogP) is 0.865. The fourth-order valence-corrected chi connectivity index (χ4v) is 1.59. The molecule has 1 aromatic carbocycles. The second-order valence-electron chi connectivity index (χ2n) is 3.22. The molecule has 1 aliphatic rings. The van der Waals surface area contributed by atoms with Crippen molar-refractivity contribution in [2.75, 3.05) is 0 Å². The number of carbonyl (C=O) groups is 1. The number of hydrogen-bond donors (Lipinski definition) is 1. The molecule has 0 fully saturated rings. The molecule has 0 spiro atoms. The fourth-order valence-electron chi connectivity index (χ4n) is 1.59. The van der Waals surface area contributed by atoms with Crippen LogP contribution < -0.4 is 10.5 Å². The van der Waals surface area contributed by atoms with Crippen LogP contribution in [-0.2, 0) is 11.2 Å². The van der Waals surface area contributed by atoms with Crippen LogP contribution in [0.4, 0.5) is 0 Å². The minimum absolute atomic E-state index is 0.0603. The average Bonchev–Trinajstić information content (AvgIpc) is 2.44. The van der Waals surface area contributed by atoms with Crippen molar-refractivity contribution in [3.8, 4) is 5.75 Å². The highest BCUT2D eigenvalue weighted by Gasteiger charge is 2.23. The molecule has 3 nitrogen and oxygen atoms in total. The summed E-state index contributed by atoms with van der Waals surface area (Å²) in [6.07, 6.45) is 1.03. The van der Waals surface area contributed by atoms with Crippen LogP contribution in [0.1, 0.15) is 12.0 Å². The maximum atomic E-state index is 10.6. The third-order valence-electron chi connectivity index (χ3n) is 2.14. The van der Waals surface area contributed by atoms with Gasteiger partial charge in [-0.25, -0.2) is 0 Å². The summed E-state index contributed by atoms with van der Waals surface area (Å²) in [5, 5.41) is 0. The number of carbonyl (C=O) groups excluding carboxylic acids is 1. The Balaban J connectivity index is 2.09. The zero-order valence-corrected chi connectivity index (χ0v) is 7.19. The molecule has 0 aliphatic carbocycles. The highest BCUT2D eigenvalue weighted by atomic mass is 16.5. The zero-order chi connectivity index (χ0) is 9.26. The standard InChI is InChI=1S/C10H11NO2/c11-10(12)6-8-5-7-3-1-2-4-9(7)13-8/h1-4,8H,5-6H2,(H2,11,12). The van der Waals surface area contributed by atoms with E-state index in [1.54, 1.807) is 0 Å². The minimum Gasteiger partial charge on any atom is -0.489 e. The molecular weight excluding hydrogens is 166 g/mol. The Morgan fingerprint density at radius 1 is 1.54 bits per heavy atom. The van der Waals surface area contributed by atoms with E-state index < -0.39 is 0 Å². The third-order valence-corrected chi connectivity index (χ3v) is 2.14.